The molecule has 0 aliphatic heterocycles. The Labute approximate surface area is 122 Å². The minimum Gasteiger partial charge on any atom is -0.396 e. The molecule has 0 saturated carbocycles. The first-order valence-corrected chi connectivity index (χ1v) is 6.56. The van der Waals surface area contributed by atoms with Gasteiger partial charge in [0.2, 0.25) is 0 Å². The highest BCUT2D eigenvalue weighted by Crippen LogP contribution is 2.19. The number of halogens is 1. The first-order chi connectivity index (χ1) is 9.90. The second kappa shape index (κ2) is 5.87. The van der Waals surface area contributed by atoms with E-state index in [9.17, 15) is 9.18 Å². The van der Waals surface area contributed by atoms with Gasteiger partial charge in [-0.25, -0.2) is 14.4 Å². The molecular weight excluding hydrogens is 271 g/mol. The van der Waals surface area contributed by atoms with Crippen LogP contribution in [0, 0.1) is 5.82 Å². The van der Waals surface area contributed by atoms with E-state index in [1.807, 2.05) is 13.8 Å². The van der Waals surface area contributed by atoms with Crippen molar-refractivity contribution in [3.05, 3.63) is 47.8 Å². The van der Waals surface area contributed by atoms with Crippen LogP contribution in [0.15, 0.2) is 30.5 Å². The summed E-state index contributed by atoms with van der Waals surface area (Å²) in [4.78, 5) is 22.2. The largest absolute Gasteiger partial charge is 0.396 e. The summed E-state index contributed by atoms with van der Waals surface area (Å²) in [7, 11) is 1.59. The van der Waals surface area contributed by atoms with Crippen LogP contribution in [0.25, 0.3) is 0 Å². The summed E-state index contributed by atoms with van der Waals surface area (Å²) in [5, 5.41) is 0. The van der Waals surface area contributed by atoms with Crippen LogP contribution in [-0.2, 0) is 0 Å². The van der Waals surface area contributed by atoms with Gasteiger partial charge in [-0.2, -0.15) is 0 Å². The van der Waals surface area contributed by atoms with Crippen molar-refractivity contribution >= 4 is 17.3 Å². The molecule has 0 bridgehead atoms. The maximum atomic E-state index is 12.9. The number of amides is 1. The summed E-state index contributed by atoms with van der Waals surface area (Å²) >= 11 is 0. The van der Waals surface area contributed by atoms with Crippen LogP contribution in [-0.4, -0.2) is 22.9 Å². The highest BCUT2D eigenvalue weighted by molar-refractivity contribution is 6.07. The lowest BCUT2D eigenvalue weighted by Crippen LogP contribution is -2.28. The molecule has 2 rings (SSSR count). The number of carbonyl (C=O) groups excluding carboxylic acids is 1. The molecule has 0 radical (unpaired) electrons. The first kappa shape index (κ1) is 14.9. The van der Waals surface area contributed by atoms with Crippen molar-refractivity contribution in [1.82, 2.24) is 9.97 Å². The van der Waals surface area contributed by atoms with Crippen molar-refractivity contribution in [3.63, 3.8) is 0 Å². The van der Waals surface area contributed by atoms with Crippen molar-refractivity contribution in [2.24, 2.45) is 0 Å². The number of carbonyl (C=O) groups is 1. The molecule has 1 amide bonds. The van der Waals surface area contributed by atoms with Crippen LogP contribution in [0.2, 0.25) is 0 Å². The smallest absolute Gasteiger partial charge is 0.278 e. The van der Waals surface area contributed by atoms with E-state index in [1.54, 1.807) is 7.05 Å². The maximum absolute atomic E-state index is 12.9. The summed E-state index contributed by atoms with van der Waals surface area (Å²) < 4.78 is 12.9. The number of anilines is 2. The average molecular weight is 288 g/mol. The van der Waals surface area contributed by atoms with Gasteiger partial charge in [0.05, 0.1) is 11.9 Å². The number of hydrogen-bond acceptors (Lipinski definition) is 4. The molecule has 2 aromatic rings. The summed E-state index contributed by atoms with van der Waals surface area (Å²) in [6.07, 6.45) is 1.44. The fourth-order valence-corrected chi connectivity index (χ4v) is 1.80. The summed E-state index contributed by atoms with van der Waals surface area (Å²) in [5.41, 5.74) is 6.73. The van der Waals surface area contributed by atoms with Crippen LogP contribution in [0.5, 0.6) is 0 Å². The van der Waals surface area contributed by atoms with Crippen molar-refractivity contribution in [1.29, 1.82) is 0 Å². The molecule has 0 atom stereocenters. The fraction of sp³-hybridized carbons (Fsp3) is 0.267. The zero-order valence-corrected chi connectivity index (χ0v) is 12.2. The number of aromatic nitrogens is 2. The van der Waals surface area contributed by atoms with Crippen molar-refractivity contribution < 1.29 is 9.18 Å². The molecule has 21 heavy (non-hydrogen) atoms. The van der Waals surface area contributed by atoms with Crippen LogP contribution in [0.4, 0.5) is 15.8 Å². The second-order valence-corrected chi connectivity index (χ2v) is 5.03. The molecule has 1 aromatic carbocycles. The monoisotopic (exact) mass is 288 g/mol. The average Bonchev–Trinajstić information content (AvgIpc) is 2.47. The number of nitrogens with zero attached hydrogens (tertiary/aromatic N) is 3. The van der Waals surface area contributed by atoms with Crippen LogP contribution in [0.1, 0.15) is 36.1 Å². The molecule has 0 aliphatic rings. The first-order valence-electron chi connectivity index (χ1n) is 6.56. The molecule has 0 saturated heterocycles. The Morgan fingerprint density at radius 1 is 1.29 bits per heavy atom. The highest BCUT2D eigenvalue weighted by atomic mass is 19.1. The number of hydrogen-bond donors (Lipinski definition) is 1. The fourth-order valence-electron chi connectivity index (χ4n) is 1.80. The minimum absolute atomic E-state index is 0.0910. The topological polar surface area (TPSA) is 72.1 Å². The third-order valence-corrected chi connectivity index (χ3v) is 3.07. The van der Waals surface area contributed by atoms with E-state index in [1.165, 1.54) is 35.4 Å². The van der Waals surface area contributed by atoms with E-state index in [4.69, 9.17) is 5.73 Å². The van der Waals surface area contributed by atoms with Crippen molar-refractivity contribution in [3.8, 4) is 0 Å². The Morgan fingerprint density at radius 2 is 1.90 bits per heavy atom. The van der Waals surface area contributed by atoms with Gasteiger partial charge in [0, 0.05) is 18.7 Å². The zero-order chi connectivity index (χ0) is 15.6. The van der Waals surface area contributed by atoms with Crippen LogP contribution in [0.3, 0.4) is 0 Å². The molecule has 5 nitrogen and oxygen atoms in total. The molecule has 110 valence electrons. The predicted octanol–water partition coefficient (Wildman–Crippen LogP) is 2.60. The lowest BCUT2D eigenvalue weighted by Gasteiger charge is -2.18. The standard InChI is InChI=1S/C15H17FN4O/c1-9(2)14-18-8-12(17)13(19-14)15(21)20(3)11-6-4-10(16)5-7-11/h4-9H,17H2,1-3H3. The molecule has 1 heterocycles. The molecule has 0 fully saturated rings. The van der Waals surface area contributed by atoms with E-state index < -0.39 is 0 Å². The van der Waals surface area contributed by atoms with Gasteiger partial charge in [-0.1, -0.05) is 13.8 Å². The van der Waals surface area contributed by atoms with Gasteiger partial charge in [0.25, 0.3) is 5.91 Å². The lowest BCUT2D eigenvalue weighted by atomic mass is 10.2. The maximum Gasteiger partial charge on any atom is 0.278 e. The van der Waals surface area contributed by atoms with Gasteiger partial charge < -0.3 is 10.6 Å². The van der Waals surface area contributed by atoms with E-state index in [0.717, 1.165) is 0 Å². The van der Waals surface area contributed by atoms with Gasteiger partial charge in [-0.15, -0.1) is 0 Å². The minimum atomic E-state index is -0.358. The Kier molecular flexibility index (Phi) is 4.16. The van der Waals surface area contributed by atoms with E-state index >= 15 is 0 Å². The summed E-state index contributed by atoms with van der Waals surface area (Å²) in [5.74, 6) is -0.0695. The van der Waals surface area contributed by atoms with Gasteiger partial charge in [-0.3, -0.25) is 4.79 Å². The van der Waals surface area contributed by atoms with Gasteiger partial charge in [0.15, 0.2) is 5.69 Å². The van der Waals surface area contributed by atoms with Crippen molar-refractivity contribution in [2.75, 3.05) is 17.7 Å². The van der Waals surface area contributed by atoms with Crippen molar-refractivity contribution in [2.45, 2.75) is 19.8 Å². The Balaban J connectivity index is 2.35. The summed E-state index contributed by atoms with van der Waals surface area (Å²) in [6.45, 7) is 3.87. The predicted molar refractivity (Wildman–Crippen MR) is 79.7 cm³/mol. The Morgan fingerprint density at radius 3 is 2.48 bits per heavy atom. The van der Waals surface area contributed by atoms with Gasteiger partial charge in [0.1, 0.15) is 11.6 Å². The lowest BCUT2D eigenvalue weighted by molar-refractivity contribution is 0.0988. The van der Waals surface area contributed by atoms with Crippen LogP contribution < -0.4 is 10.6 Å². The Hall–Kier alpha value is -2.50. The molecule has 0 unspecified atom stereocenters. The number of nitrogens with two attached hydrogens (primary N) is 1. The number of benzene rings is 1. The Bertz CT molecular complexity index is 655. The molecule has 2 N–H and O–H groups in total. The third-order valence-electron chi connectivity index (χ3n) is 3.07. The molecule has 1 aromatic heterocycles. The van der Waals surface area contributed by atoms with Crippen LogP contribution >= 0.6 is 0 Å². The molecule has 0 spiro atoms. The second-order valence-electron chi connectivity index (χ2n) is 5.03. The highest BCUT2D eigenvalue weighted by Gasteiger charge is 2.19. The quantitative estimate of drug-likeness (QED) is 0.942. The molecule has 0 aliphatic carbocycles. The normalized spacial score (nSPS) is 10.7. The van der Waals surface area contributed by atoms with E-state index in [2.05, 4.69) is 9.97 Å². The number of rotatable bonds is 3. The van der Waals surface area contributed by atoms with E-state index in [-0.39, 0.29) is 29.0 Å². The van der Waals surface area contributed by atoms with E-state index in [0.29, 0.717) is 11.5 Å². The third kappa shape index (κ3) is 3.16. The zero-order valence-electron chi connectivity index (χ0n) is 12.2. The molecular formula is C15H17FN4O. The SMILES string of the molecule is CC(C)c1ncc(N)c(C(=O)N(C)c2ccc(F)cc2)n1. The molecule has 6 heteroatoms. The summed E-state index contributed by atoms with van der Waals surface area (Å²) in [6, 6.07) is 5.63. The van der Waals surface area contributed by atoms with Gasteiger partial charge >= 0.3 is 0 Å². The number of nitrogen functional groups attached to an aromatic ring is 1. The van der Waals surface area contributed by atoms with Gasteiger partial charge in [-0.05, 0) is 24.3 Å².